The number of halogens is 2. The first-order chi connectivity index (χ1) is 14.4. The normalized spacial score (nSPS) is 39.0. The second-order valence-electron chi connectivity index (χ2n) is 7.92. The summed E-state index contributed by atoms with van der Waals surface area (Å²) >= 11 is 12.5. The molecule has 1 aromatic carbocycles. The monoisotopic (exact) mass is 450 g/mol. The van der Waals surface area contributed by atoms with E-state index >= 15 is 0 Å². The molecule has 4 bridgehead atoms. The van der Waals surface area contributed by atoms with Gasteiger partial charge in [0, 0.05) is 43.0 Å². The summed E-state index contributed by atoms with van der Waals surface area (Å²) in [6.45, 7) is 2.80. The van der Waals surface area contributed by atoms with E-state index in [-0.39, 0.29) is 17.9 Å². The van der Waals surface area contributed by atoms with Crippen molar-refractivity contribution in [1.29, 1.82) is 0 Å². The van der Waals surface area contributed by atoms with Gasteiger partial charge >= 0.3 is 11.9 Å². The summed E-state index contributed by atoms with van der Waals surface area (Å²) in [7, 11) is 0. The molecule has 0 aromatic heterocycles. The molecular formula is C21H20Cl2N2O5. The van der Waals surface area contributed by atoms with Gasteiger partial charge in [-0.3, -0.25) is 4.90 Å². The summed E-state index contributed by atoms with van der Waals surface area (Å²) in [5.74, 6) is -1.51. The molecule has 4 aliphatic rings. The van der Waals surface area contributed by atoms with E-state index in [1.807, 2.05) is 13.0 Å². The fraction of sp³-hybridized carbons (Fsp3) is 0.476. The van der Waals surface area contributed by atoms with Crippen LogP contribution in [0.3, 0.4) is 0 Å². The molecule has 0 saturated carbocycles. The molecule has 5 rings (SSSR count). The van der Waals surface area contributed by atoms with Gasteiger partial charge in [0.1, 0.15) is 6.61 Å². The van der Waals surface area contributed by atoms with Crippen molar-refractivity contribution >= 4 is 40.9 Å². The number of ether oxygens (including phenoxy) is 2. The molecule has 158 valence electrons. The van der Waals surface area contributed by atoms with Gasteiger partial charge in [-0.15, -0.1) is 0 Å². The second-order valence-corrected chi connectivity index (χ2v) is 8.73. The lowest BCUT2D eigenvalue weighted by Gasteiger charge is -2.49. The molecule has 7 nitrogen and oxygen atoms in total. The van der Waals surface area contributed by atoms with E-state index < -0.39 is 23.8 Å². The van der Waals surface area contributed by atoms with E-state index in [0.717, 1.165) is 29.8 Å². The van der Waals surface area contributed by atoms with Gasteiger partial charge in [0.05, 0.1) is 15.8 Å². The fourth-order valence-corrected chi connectivity index (χ4v) is 5.77. The first-order valence-corrected chi connectivity index (χ1v) is 10.7. The van der Waals surface area contributed by atoms with Crippen molar-refractivity contribution in [3.63, 3.8) is 0 Å². The lowest BCUT2D eigenvalue weighted by molar-refractivity contribution is -0.227. The van der Waals surface area contributed by atoms with Crippen LogP contribution in [-0.2, 0) is 23.9 Å². The van der Waals surface area contributed by atoms with Crippen molar-refractivity contribution in [2.75, 3.05) is 13.2 Å². The Kier molecular flexibility index (Phi) is 4.80. The lowest BCUT2D eigenvalue weighted by atomic mass is 9.74. The molecule has 9 heteroatoms. The van der Waals surface area contributed by atoms with E-state index in [1.165, 1.54) is 0 Å². The van der Waals surface area contributed by atoms with Crippen molar-refractivity contribution < 1.29 is 23.9 Å². The van der Waals surface area contributed by atoms with Crippen LogP contribution in [0.15, 0.2) is 35.5 Å². The predicted molar refractivity (Wildman–Crippen MR) is 109 cm³/mol. The smallest absolute Gasteiger partial charge is 0.332 e. The van der Waals surface area contributed by atoms with Gasteiger partial charge in [0.25, 0.3) is 0 Å². The predicted octanol–water partition coefficient (Wildman–Crippen LogP) is 3.30. The lowest BCUT2D eigenvalue weighted by Crippen LogP contribution is -2.63. The molecule has 30 heavy (non-hydrogen) atoms. The first kappa shape index (κ1) is 19.8. The van der Waals surface area contributed by atoms with Crippen LogP contribution >= 0.6 is 23.2 Å². The SMILES string of the molecule is CCO/N=C1/CN2[C@@H]3CC[C@@]24OC(=O)/C=C/C(=O)OC4[C@H](c2ccc(Cl)c(Cl)c2)[C@H]13. The van der Waals surface area contributed by atoms with Crippen LogP contribution in [0.25, 0.3) is 0 Å². The van der Waals surface area contributed by atoms with E-state index in [1.54, 1.807) is 12.1 Å². The molecule has 0 aliphatic carbocycles. The number of esters is 2. The third kappa shape index (κ3) is 2.87. The largest absolute Gasteiger partial charge is 0.453 e. The molecular weight excluding hydrogens is 431 g/mol. The molecule has 0 radical (unpaired) electrons. The highest BCUT2D eigenvalue weighted by Crippen LogP contribution is 2.58. The van der Waals surface area contributed by atoms with Gasteiger partial charge < -0.3 is 14.3 Å². The Balaban J connectivity index is 1.69. The van der Waals surface area contributed by atoms with Crippen molar-refractivity contribution in [1.82, 2.24) is 4.90 Å². The second kappa shape index (κ2) is 7.25. The van der Waals surface area contributed by atoms with Crippen LogP contribution in [0.4, 0.5) is 0 Å². The van der Waals surface area contributed by atoms with E-state index in [9.17, 15) is 9.59 Å². The number of hydrogen-bond acceptors (Lipinski definition) is 7. The molecule has 1 spiro atoms. The van der Waals surface area contributed by atoms with Crippen LogP contribution in [0, 0.1) is 5.92 Å². The zero-order chi connectivity index (χ0) is 21.0. The summed E-state index contributed by atoms with van der Waals surface area (Å²) in [6, 6.07) is 5.49. The molecule has 6 atom stereocenters. The van der Waals surface area contributed by atoms with Gasteiger partial charge in [0.15, 0.2) is 6.10 Å². The van der Waals surface area contributed by atoms with Crippen molar-refractivity contribution in [3.05, 3.63) is 46.0 Å². The maximum atomic E-state index is 12.5. The number of rotatable bonds is 3. The van der Waals surface area contributed by atoms with Gasteiger partial charge in [-0.05, 0) is 31.0 Å². The molecule has 2 unspecified atom stereocenters. The Hall–Kier alpha value is -2.09. The van der Waals surface area contributed by atoms with Gasteiger partial charge in [-0.2, -0.15) is 0 Å². The number of benzene rings is 1. The third-order valence-corrected chi connectivity index (χ3v) is 7.23. The molecule has 3 saturated heterocycles. The molecule has 0 amide bonds. The van der Waals surface area contributed by atoms with E-state index in [0.29, 0.717) is 29.6 Å². The maximum absolute atomic E-state index is 12.5. The minimum atomic E-state index is -1.06. The van der Waals surface area contributed by atoms with Crippen molar-refractivity contribution in [3.8, 4) is 0 Å². The summed E-state index contributed by atoms with van der Waals surface area (Å²) in [6.07, 6.45) is 2.87. The number of oxime groups is 1. The van der Waals surface area contributed by atoms with Crippen LogP contribution in [0.1, 0.15) is 31.2 Å². The summed E-state index contributed by atoms with van der Waals surface area (Å²) in [5, 5.41) is 5.23. The minimum absolute atomic E-state index is 0.0654. The molecule has 3 fully saturated rings. The molecule has 1 aromatic rings. The zero-order valence-electron chi connectivity index (χ0n) is 16.2. The van der Waals surface area contributed by atoms with Gasteiger partial charge in [-0.25, -0.2) is 9.59 Å². The molecule has 4 aliphatic heterocycles. The highest BCUT2D eigenvalue weighted by molar-refractivity contribution is 6.42. The van der Waals surface area contributed by atoms with Crippen molar-refractivity contribution in [2.24, 2.45) is 11.1 Å². The number of carbonyl (C=O) groups is 2. The van der Waals surface area contributed by atoms with Crippen molar-refractivity contribution in [2.45, 2.75) is 43.6 Å². The Labute approximate surface area is 183 Å². The Morgan fingerprint density at radius 1 is 1.20 bits per heavy atom. The average Bonchev–Trinajstić information content (AvgIpc) is 3.17. The van der Waals surface area contributed by atoms with Crippen LogP contribution in [-0.4, -0.2) is 53.6 Å². The van der Waals surface area contributed by atoms with E-state index in [2.05, 4.69) is 10.1 Å². The average molecular weight is 451 g/mol. The number of nitrogens with zero attached hydrogens (tertiary/aromatic N) is 2. The Morgan fingerprint density at radius 3 is 2.77 bits per heavy atom. The Morgan fingerprint density at radius 2 is 2.00 bits per heavy atom. The molecule has 0 N–H and O–H groups in total. The molecule has 4 heterocycles. The number of piperidine rings is 1. The minimum Gasteiger partial charge on any atom is -0.453 e. The summed E-state index contributed by atoms with van der Waals surface area (Å²) < 4.78 is 11.9. The quantitative estimate of drug-likeness (QED) is 0.519. The van der Waals surface area contributed by atoms with Gasteiger partial charge in [0.2, 0.25) is 5.72 Å². The Bertz CT molecular complexity index is 980. The topological polar surface area (TPSA) is 77.4 Å². The summed E-state index contributed by atoms with van der Waals surface area (Å²) in [5.41, 5.74) is 0.650. The van der Waals surface area contributed by atoms with Crippen LogP contribution in [0.5, 0.6) is 0 Å². The van der Waals surface area contributed by atoms with E-state index in [4.69, 9.17) is 37.5 Å². The van der Waals surface area contributed by atoms with Crippen LogP contribution in [0.2, 0.25) is 10.0 Å². The fourth-order valence-electron chi connectivity index (χ4n) is 5.46. The van der Waals surface area contributed by atoms with Gasteiger partial charge in [-0.1, -0.05) is 34.4 Å². The summed E-state index contributed by atoms with van der Waals surface area (Å²) in [4.78, 5) is 32.4. The highest BCUT2D eigenvalue weighted by atomic mass is 35.5. The standard InChI is InChI=1S/C21H20Cl2N2O5/c1-2-28-24-14-10-25-15-7-8-21(25)20(29-16(26)5-6-17(27)30-21)18(19(14)15)11-3-4-12(22)13(23)9-11/h3-6,9,15,18-20H,2,7-8,10H2,1H3/b6-5+,24-14-/t15-,18-,19-,20?,21+/m1/s1. The zero-order valence-corrected chi connectivity index (χ0v) is 17.7. The van der Waals surface area contributed by atoms with Crippen LogP contribution < -0.4 is 0 Å². The first-order valence-electron chi connectivity index (χ1n) is 9.96. The highest BCUT2D eigenvalue weighted by Gasteiger charge is 2.70. The maximum Gasteiger partial charge on any atom is 0.332 e. The number of carbonyl (C=O) groups excluding carboxylic acids is 2. The third-order valence-electron chi connectivity index (χ3n) is 6.49. The number of hydrogen-bond donors (Lipinski definition) is 0.